The van der Waals surface area contributed by atoms with Gasteiger partial charge in [-0.1, -0.05) is 48.0 Å². The number of carbonyl (C=O) groups is 3. The molecule has 29 heavy (non-hydrogen) atoms. The van der Waals surface area contributed by atoms with Crippen molar-refractivity contribution in [3.05, 3.63) is 71.3 Å². The van der Waals surface area contributed by atoms with Crippen molar-refractivity contribution in [3.63, 3.8) is 0 Å². The average molecular weight is 391 g/mol. The summed E-state index contributed by atoms with van der Waals surface area (Å²) in [5, 5.41) is 0. The Balaban J connectivity index is 1.48. The molecular weight excluding hydrogens is 366 g/mol. The molecule has 0 aliphatic carbocycles. The summed E-state index contributed by atoms with van der Waals surface area (Å²) < 4.78 is 0. The highest BCUT2D eigenvalue weighted by molar-refractivity contribution is 5.96. The SMILES string of the molecule is Cc1cccc(CN2CC(=O)N3CCN(C(=O)c4ccccc4)CCC3C2=O)c1. The predicted molar refractivity (Wildman–Crippen MR) is 109 cm³/mol. The Morgan fingerprint density at radius 1 is 1.00 bits per heavy atom. The number of piperazine rings is 1. The van der Waals surface area contributed by atoms with Crippen molar-refractivity contribution in [3.8, 4) is 0 Å². The van der Waals surface area contributed by atoms with Gasteiger partial charge >= 0.3 is 0 Å². The Bertz CT molecular complexity index is 928. The summed E-state index contributed by atoms with van der Waals surface area (Å²) in [6, 6.07) is 16.6. The third-order valence-electron chi connectivity index (χ3n) is 5.67. The molecule has 6 heteroatoms. The molecule has 0 radical (unpaired) electrons. The van der Waals surface area contributed by atoms with Crippen molar-refractivity contribution < 1.29 is 14.4 Å². The van der Waals surface area contributed by atoms with Gasteiger partial charge in [-0.15, -0.1) is 0 Å². The van der Waals surface area contributed by atoms with Gasteiger partial charge in [0.1, 0.15) is 12.6 Å². The van der Waals surface area contributed by atoms with E-state index in [0.717, 1.165) is 11.1 Å². The van der Waals surface area contributed by atoms with E-state index in [2.05, 4.69) is 0 Å². The molecule has 2 aromatic carbocycles. The third kappa shape index (κ3) is 4.01. The molecule has 0 aromatic heterocycles. The van der Waals surface area contributed by atoms with Crippen LogP contribution < -0.4 is 0 Å². The molecule has 1 unspecified atom stereocenters. The van der Waals surface area contributed by atoms with E-state index in [1.807, 2.05) is 49.4 Å². The number of benzene rings is 2. The molecule has 1 atom stereocenters. The van der Waals surface area contributed by atoms with E-state index in [4.69, 9.17) is 0 Å². The monoisotopic (exact) mass is 391 g/mol. The first-order valence-corrected chi connectivity index (χ1v) is 10.0. The maximum absolute atomic E-state index is 13.1. The number of rotatable bonds is 3. The topological polar surface area (TPSA) is 60.9 Å². The van der Waals surface area contributed by atoms with E-state index >= 15 is 0 Å². The van der Waals surface area contributed by atoms with Crippen LogP contribution in [0.25, 0.3) is 0 Å². The Morgan fingerprint density at radius 3 is 2.55 bits per heavy atom. The molecule has 0 spiro atoms. The number of amides is 3. The van der Waals surface area contributed by atoms with Gasteiger partial charge in [0.25, 0.3) is 5.91 Å². The summed E-state index contributed by atoms with van der Waals surface area (Å²) in [6.45, 7) is 3.84. The molecule has 0 N–H and O–H groups in total. The van der Waals surface area contributed by atoms with Crippen LogP contribution in [0.15, 0.2) is 54.6 Å². The van der Waals surface area contributed by atoms with Crippen molar-refractivity contribution in [1.82, 2.24) is 14.7 Å². The molecule has 2 aliphatic rings. The minimum atomic E-state index is -0.491. The zero-order chi connectivity index (χ0) is 20.4. The summed E-state index contributed by atoms with van der Waals surface area (Å²) in [6.07, 6.45) is 0.466. The van der Waals surface area contributed by atoms with Crippen molar-refractivity contribution in [2.75, 3.05) is 26.2 Å². The maximum atomic E-state index is 13.1. The normalized spacial score (nSPS) is 19.8. The second kappa shape index (κ2) is 8.07. The standard InChI is InChI=1S/C23H25N3O3/c1-17-6-5-7-18(14-17)15-25-16-21(27)26-13-12-24(11-10-20(26)23(25)29)22(28)19-8-3-2-4-9-19/h2-9,14,20H,10-13,15-16H2,1H3. The predicted octanol–water partition coefficient (Wildman–Crippen LogP) is 2.08. The number of aryl methyl sites for hydroxylation is 1. The summed E-state index contributed by atoms with van der Waals surface area (Å²) in [7, 11) is 0. The molecule has 6 nitrogen and oxygen atoms in total. The largest absolute Gasteiger partial charge is 0.337 e. The molecule has 0 saturated carbocycles. The Hall–Kier alpha value is -3.15. The molecular formula is C23H25N3O3. The van der Waals surface area contributed by atoms with Crippen molar-refractivity contribution in [2.24, 2.45) is 0 Å². The number of hydrogen-bond donors (Lipinski definition) is 0. The Labute approximate surface area is 170 Å². The first-order valence-electron chi connectivity index (χ1n) is 10.0. The highest BCUT2D eigenvalue weighted by Crippen LogP contribution is 2.22. The lowest BCUT2D eigenvalue weighted by Gasteiger charge is -2.39. The molecule has 2 saturated heterocycles. The van der Waals surface area contributed by atoms with E-state index < -0.39 is 6.04 Å². The Morgan fingerprint density at radius 2 is 1.79 bits per heavy atom. The molecule has 4 rings (SSSR count). The molecule has 2 aromatic rings. The summed E-state index contributed by atoms with van der Waals surface area (Å²) in [4.78, 5) is 43.7. The highest BCUT2D eigenvalue weighted by Gasteiger charge is 2.41. The fourth-order valence-corrected chi connectivity index (χ4v) is 4.16. The molecule has 150 valence electrons. The quantitative estimate of drug-likeness (QED) is 0.805. The van der Waals surface area contributed by atoms with Crippen LogP contribution in [0.3, 0.4) is 0 Å². The zero-order valence-electron chi connectivity index (χ0n) is 16.6. The van der Waals surface area contributed by atoms with Gasteiger partial charge in [-0.3, -0.25) is 14.4 Å². The lowest BCUT2D eigenvalue weighted by Crippen LogP contribution is -2.59. The summed E-state index contributed by atoms with van der Waals surface area (Å²) in [5.74, 6) is -0.127. The van der Waals surface area contributed by atoms with Gasteiger partial charge in [-0.25, -0.2) is 0 Å². The van der Waals surface area contributed by atoms with E-state index in [9.17, 15) is 14.4 Å². The number of carbonyl (C=O) groups excluding carboxylic acids is 3. The van der Waals surface area contributed by atoms with Gasteiger partial charge < -0.3 is 14.7 Å². The molecule has 2 fully saturated rings. The van der Waals surface area contributed by atoms with Crippen LogP contribution in [0.2, 0.25) is 0 Å². The van der Waals surface area contributed by atoms with Gasteiger partial charge in [-0.05, 0) is 31.0 Å². The van der Waals surface area contributed by atoms with E-state index in [-0.39, 0.29) is 24.3 Å². The highest BCUT2D eigenvalue weighted by atomic mass is 16.2. The number of hydrogen-bond acceptors (Lipinski definition) is 3. The fourth-order valence-electron chi connectivity index (χ4n) is 4.16. The van der Waals surface area contributed by atoms with Crippen molar-refractivity contribution >= 4 is 17.7 Å². The van der Waals surface area contributed by atoms with Crippen LogP contribution in [0, 0.1) is 6.92 Å². The second-order valence-electron chi connectivity index (χ2n) is 7.73. The summed E-state index contributed by atoms with van der Waals surface area (Å²) >= 11 is 0. The summed E-state index contributed by atoms with van der Waals surface area (Å²) in [5.41, 5.74) is 2.78. The first-order chi connectivity index (χ1) is 14.0. The molecule has 2 aliphatic heterocycles. The van der Waals surface area contributed by atoms with E-state index in [1.165, 1.54) is 0 Å². The minimum absolute atomic E-state index is 0.0277. The third-order valence-corrected chi connectivity index (χ3v) is 5.67. The fraction of sp³-hybridized carbons (Fsp3) is 0.348. The van der Waals surface area contributed by atoms with Crippen LogP contribution in [-0.4, -0.2) is 64.6 Å². The maximum Gasteiger partial charge on any atom is 0.253 e. The van der Waals surface area contributed by atoms with Crippen LogP contribution in [0.1, 0.15) is 27.9 Å². The van der Waals surface area contributed by atoms with Gasteiger partial charge in [0.05, 0.1) is 0 Å². The van der Waals surface area contributed by atoms with Crippen LogP contribution >= 0.6 is 0 Å². The molecule has 2 heterocycles. The lowest BCUT2D eigenvalue weighted by molar-refractivity contribution is -0.156. The van der Waals surface area contributed by atoms with E-state index in [1.54, 1.807) is 26.8 Å². The van der Waals surface area contributed by atoms with Crippen LogP contribution in [0.4, 0.5) is 0 Å². The zero-order valence-corrected chi connectivity index (χ0v) is 16.6. The van der Waals surface area contributed by atoms with Crippen molar-refractivity contribution in [1.29, 1.82) is 0 Å². The van der Waals surface area contributed by atoms with E-state index in [0.29, 0.717) is 38.2 Å². The second-order valence-corrected chi connectivity index (χ2v) is 7.73. The number of nitrogens with zero attached hydrogens (tertiary/aromatic N) is 3. The molecule has 0 bridgehead atoms. The smallest absolute Gasteiger partial charge is 0.253 e. The van der Waals surface area contributed by atoms with Gasteiger partial charge in [0, 0.05) is 31.7 Å². The minimum Gasteiger partial charge on any atom is -0.337 e. The first kappa shape index (κ1) is 19.2. The lowest BCUT2D eigenvalue weighted by atomic mass is 10.1. The average Bonchev–Trinajstić information content (AvgIpc) is 2.96. The molecule has 3 amide bonds. The van der Waals surface area contributed by atoms with Gasteiger partial charge in [0.2, 0.25) is 11.8 Å². The van der Waals surface area contributed by atoms with Crippen molar-refractivity contribution in [2.45, 2.75) is 25.9 Å². The van der Waals surface area contributed by atoms with Crippen LogP contribution in [0.5, 0.6) is 0 Å². The van der Waals surface area contributed by atoms with Gasteiger partial charge in [0.15, 0.2) is 0 Å². The van der Waals surface area contributed by atoms with Crippen LogP contribution in [-0.2, 0) is 16.1 Å². The Kier molecular flexibility index (Phi) is 5.34. The number of fused-ring (bicyclic) bond motifs is 1. The van der Waals surface area contributed by atoms with Gasteiger partial charge in [-0.2, -0.15) is 0 Å².